The Hall–Kier alpha value is -5.10. The molecule has 4 rings (SSSR count). The number of nitrogens with zero attached hydrogens (tertiary/aromatic N) is 3. The number of non-ortho nitro benzene ring substituents is 1. The van der Waals surface area contributed by atoms with Crippen molar-refractivity contribution in [3.05, 3.63) is 136 Å². The van der Waals surface area contributed by atoms with Crippen LogP contribution < -0.4 is 9.62 Å². The Kier molecular flexibility index (Phi) is 9.83. The minimum Gasteiger partial charge on any atom is -0.357 e. The Morgan fingerprint density at radius 1 is 0.884 bits per heavy atom. The number of hydrogen-bond donors (Lipinski definition) is 1. The molecule has 0 aliphatic carbocycles. The largest absolute Gasteiger partial charge is 0.357 e. The average molecular weight is 605 g/mol. The molecule has 1 atom stereocenters. The number of carbonyl (C=O) groups excluding carboxylic acids is 2. The summed E-state index contributed by atoms with van der Waals surface area (Å²) in [7, 11) is -2.97. The van der Waals surface area contributed by atoms with Crippen LogP contribution in [0.25, 0.3) is 0 Å². The van der Waals surface area contributed by atoms with Crippen LogP contribution in [0, 0.1) is 15.9 Å². The van der Waals surface area contributed by atoms with E-state index in [1.54, 1.807) is 30.3 Å². The van der Waals surface area contributed by atoms with Gasteiger partial charge in [0.25, 0.3) is 15.7 Å². The molecule has 4 aromatic rings. The zero-order valence-corrected chi connectivity index (χ0v) is 24.0. The number of halogens is 1. The highest BCUT2D eigenvalue weighted by atomic mass is 32.2. The van der Waals surface area contributed by atoms with Gasteiger partial charge in [-0.3, -0.25) is 24.0 Å². The van der Waals surface area contributed by atoms with Crippen LogP contribution in [0.5, 0.6) is 0 Å². The molecule has 0 saturated carbocycles. The number of benzene rings is 4. The topological polar surface area (TPSA) is 130 Å². The van der Waals surface area contributed by atoms with Gasteiger partial charge in [-0.15, -0.1) is 0 Å². The van der Waals surface area contributed by atoms with Crippen molar-refractivity contribution in [3.63, 3.8) is 0 Å². The van der Waals surface area contributed by atoms with Crippen molar-refractivity contribution in [3.8, 4) is 0 Å². The van der Waals surface area contributed by atoms with Crippen LogP contribution in [-0.2, 0) is 32.6 Å². The summed E-state index contributed by atoms with van der Waals surface area (Å²) in [5.41, 5.74) is 0.784. The summed E-state index contributed by atoms with van der Waals surface area (Å²) < 4.78 is 42.2. The van der Waals surface area contributed by atoms with Gasteiger partial charge in [0.1, 0.15) is 18.4 Å². The summed E-state index contributed by atoms with van der Waals surface area (Å²) in [6.45, 7) is -0.917. The van der Waals surface area contributed by atoms with E-state index in [1.807, 2.05) is 6.07 Å². The lowest BCUT2D eigenvalue weighted by atomic mass is 10.0. The zero-order valence-electron chi connectivity index (χ0n) is 23.2. The summed E-state index contributed by atoms with van der Waals surface area (Å²) in [5.74, 6) is -1.73. The lowest BCUT2D eigenvalue weighted by Crippen LogP contribution is -2.53. The van der Waals surface area contributed by atoms with Crippen LogP contribution in [0.15, 0.2) is 114 Å². The van der Waals surface area contributed by atoms with E-state index in [0.29, 0.717) is 5.56 Å². The second-order valence-corrected chi connectivity index (χ2v) is 11.4. The number of rotatable bonds is 12. The third-order valence-electron chi connectivity index (χ3n) is 6.72. The fourth-order valence-electron chi connectivity index (χ4n) is 4.52. The molecule has 222 valence electrons. The van der Waals surface area contributed by atoms with E-state index in [2.05, 4.69) is 5.32 Å². The Labute approximate surface area is 248 Å². The molecule has 0 aliphatic rings. The maximum Gasteiger partial charge on any atom is 0.271 e. The highest BCUT2D eigenvalue weighted by Crippen LogP contribution is 2.28. The Balaban J connectivity index is 1.80. The molecule has 0 bridgehead atoms. The Morgan fingerprint density at radius 3 is 2.12 bits per heavy atom. The molecular weight excluding hydrogens is 575 g/mol. The van der Waals surface area contributed by atoms with E-state index in [-0.39, 0.29) is 29.2 Å². The monoisotopic (exact) mass is 604 g/mol. The fraction of sp³-hybridized carbons (Fsp3) is 0.161. The average Bonchev–Trinajstić information content (AvgIpc) is 3.02. The number of hydrogen-bond acceptors (Lipinski definition) is 6. The van der Waals surface area contributed by atoms with Crippen molar-refractivity contribution in [2.45, 2.75) is 23.9 Å². The molecule has 12 heteroatoms. The second-order valence-electron chi connectivity index (χ2n) is 9.57. The summed E-state index contributed by atoms with van der Waals surface area (Å²) in [4.78, 5) is 39.4. The molecule has 2 amide bonds. The van der Waals surface area contributed by atoms with Gasteiger partial charge < -0.3 is 10.2 Å². The van der Waals surface area contributed by atoms with Gasteiger partial charge in [0.05, 0.1) is 15.5 Å². The summed E-state index contributed by atoms with van der Waals surface area (Å²) in [5, 5.41) is 14.1. The Morgan fingerprint density at radius 2 is 1.51 bits per heavy atom. The van der Waals surface area contributed by atoms with E-state index in [0.717, 1.165) is 15.9 Å². The van der Waals surface area contributed by atoms with E-state index in [1.165, 1.54) is 78.7 Å². The van der Waals surface area contributed by atoms with Gasteiger partial charge in [-0.05, 0) is 41.5 Å². The number of nitro groups is 1. The van der Waals surface area contributed by atoms with Crippen molar-refractivity contribution >= 4 is 33.2 Å². The molecule has 43 heavy (non-hydrogen) atoms. The summed E-state index contributed by atoms with van der Waals surface area (Å²) >= 11 is 0. The predicted molar refractivity (Wildman–Crippen MR) is 159 cm³/mol. The van der Waals surface area contributed by atoms with E-state index < -0.39 is 45.2 Å². The van der Waals surface area contributed by atoms with Gasteiger partial charge in [-0.1, -0.05) is 66.7 Å². The van der Waals surface area contributed by atoms with Crippen LogP contribution in [0.4, 0.5) is 15.8 Å². The molecule has 0 spiro atoms. The number of nitrogens with one attached hydrogen (secondary N) is 1. The van der Waals surface area contributed by atoms with Crippen molar-refractivity contribution < 1.29 is 27.3 Å². The molecule has 0 heterocycles. The molecule has 0 aromatic heterocycles. The van der Waals surface area contributed by atoms with E-state index >= 15 is 0 Å². The SMILES string of the molecule is CNC(=O)[C@@H](Cc1ccccc1)N(Cc1ccc(F)cc1)C(=O)CN(c1cccc([N+](=O)[O-])c1)S(=O)(=O)c1ccccc1. The molecule has 0 aliphatic heterocycles. The van der Waals surface area contributed by atoms with Gasteiger partial charge in [0.2, 0.25) is 11.8 Å². The number of nitro benzene ring substituents is 1. The molecule has 0 saturated heterocycles. The second kappa shape index (κ2) is 13.7. The normalized spacial score (nSPS) is 11.8. The predicted octanol–water partition coefficient (Wildman–Crippen LogP) is 4.32. The first kappa shape index (κ1) is 30.8. The molecule has 4 aromatic carbocycles. The highest BCUT2D eigenvalue weighted by Gasteiger charge is 2.34. The maximum atomic E-state index is 14.2. The van der Waals surface area contributed by atoms with Crippen LogP contribution in [0.3, 0.4) is 0 Å². The smallest absolute Gasteiger partial charge is 0.271 e. The fourth-order valence-corrected chi connectivity index (χ4v) is 5.94. The number of carbonyl (C=O) groups is 2. The quantitative estimate of drug-likeness (QED) is 0.189. The standard InChI is InChI=1S/C31H29FN4O6S/c1-33-31(38)29(19-23-9-4-2-5-10-23)34(21-24-15-17-25(32)18-16-24)30(37)22-35(26-11-8-12-27(20-26)36(39)40)43(41,42)28-13-6-3-7-14-28/h2-18,20,29H,19,21-22H2,1H3,(H,33,38)/t29-/m1/s1. The lowest BCUT2D eigenvalue weighted by Gasteiger charge is -2.33. The van der Waals surface area contributed by atoms with Crippen LogP contribution in [0.2, 0.25) is 0 Å². The number of amides is 2. The molecule has 1 N–H and O–H groups in total. The zero-order chi connectivity index (χ0) is 31.0. The minimum absolute atomic E-state index is 0.104. The molecule has 0 fully saturated rings. The van der Waals surface area contributed by atoms with E-state index in [9.17, 15) is 32.5 Å². The molecule has 0 radical (unpaired) electrons. The summed E-state index contributed by atoms with van der Waals surface area (Å²) in [6.07, 6.45) is 0.107. The number of sulfonamides is 1. The summed E-state index contributed by atoms with van der Waals surface area (Å²) in [6, 6.07) is 25.6. The first-order chi connectivity index (χ1) is 20.6. The van der Waals surface area contributed by atoms with Crippen LogP contribution >= 0.6 is 0 Å². The molecule has 0 unspecified atom stereocenters. The molecule has 10 nitrogen and oxygen atoms in total. The van der Waals surface area contributed by atoms with Crippen LogP contribution in [0.1, 0.15) is 11.1 Å². The Bertz CT molecular complexity index is 1690. The van der Waals surface area contributed by atoms with Crippen molar-refractivity contribution in [2.24, 2.45) is 0 Å². The number of anilines is 1. The van der Waals surface area contributed by atoms with Crippen molar-refractivity contribution in [1.82, 2.24) is 10.2 Å². The minimum atomic E-state index is -4.40. The molecular formula is C31H29FN4O6S. The lowest BCUT2D eigenvalue weighted by molar-refractivity contribution is -0.384. The van der Waals surface area contributed by atoms with Crippen LogP contribution in [-0.4, -0.2) is 49.7 Å². The highest BCUT2D eigenvalue weighted by molar-refractivity contribution is 7.92. The maximum absolute atomic E-state index is 14.2. The van der Waals surface area contributed by atoms with Gasteiger partial charge >= 0.3 is 0 Å². The first-order valence-electron chi connectivity index (χ1n) is 13.2. The third-order valence-corrected chi connectivity index (χ3v) is 8.51. The third kappa shape index (κ3) is 7.60. The van der Waals surface area contributed by atoms with Gasteiger partial charge in [-0.25, -0.2) is 12.8 Å². The first-order valence-corrected chi connectivity index (χ1v) is 14.7. The van der Waals surface area contributed by atoms with Crippen molar-refractivity contribution in [1.29, 1.82) is 0 Å². The van der Waals surface area contributed by atoms with Gasteiger partial charge in [-0.2, -0.15) is 0 Å². The van der Waals surface area contributed by atoms with Crippen molar-refractivity contribution in [2.75, 3.05) is 17.9 Å². The van der Waals surface area contributed by atoms with E-state index in [4.69, 9.17) is 0 Å². The van der Waals surface area contributed by atoms with Gasteiger partial charge in [0, 0.05) is 32.1 Å². The van der Waals surface area contributed by atoms with Gasteiger partial charge in [0.15, 0.2) is 0 Å². The number of likely N-dealkylation sites (N-methyl/N-ethyl adjacent to an activating group) is 1.